The van der Waals surface area contributed by atoms with Crippen molar-refractivity contribution in [1.82, 2.24) is 14.7 Å². The van der Waals surface area contributed by atoms with Gasteiger partial charge in [-0.1, -0.05) is 19.3 Å². The highest BCUT2D eigenvalue weighted by molar-refractivity contribution is 5.79. The van der Waals surface area contributed by atoms with E-state index in [1.807, 2.05) is 24.3 Å². The molecule has 1 aromatic heterocycles. The van der Waals surface area contributed by atoms with E-state index in [4.69, 9.17) is 4.74 Å². The maximum absolute atomic E-state index is 12.8. The van der Waals surface area contributed by atoms with E-state index >= 15 is 0 Å². The van der Waals surface area contributed by atoms with Gasteiger partial charge in [-0.3, -0.25) is 9.59 Å². The minimum absolute atomic E-state index is 0.0760. The lowest BCUT2D eigenvalue weighted by Gasteiger charge is -2.35. The molecule has 2 heterocycles. The Morgan fingerprint density at radius 1 is 1.00 bits per heavy atom. The van der Waals surface area contributed by atoms with Gasteiger partial charge in [-0.2, -0.15) is 5.10 Å². The van der Waals surface area contributed by atoms with Gasteiger partial charge in [0.25, 0.3) is 5.56 Å². The van der Waals surface area contributed by atoms with Crippen LogP contribution in [0.5, 0.6) is 5.75 Å². The second kappa shape index (κ2) is 9.45. The van der Waals surface area contributed by atoms with E-state index in [0.29, 0.717) is 18.4 Å². The van der Waals surface area contributed by atoms with E-state index in [9.17, 15) is 9.59 Å². The first-order valence-corrected chi connectivity index (χ1v) is 11.2. The molecule has 0 radical (unpaired) electrons. The van der Waals surface area contributed by atoms with Gasteiger partial charge in [0.1, 0.15) is 5.75 Å². The van der Waals surface area contributed by atoms with Crippen LogP contribution in [0.2, 0.25) is 0 Å². The number of hydrogen-bond donors (Lipinski definition) is 0. The molecule has 0 spiro atoms. The van der Waals surface area contributed by atoms with Crippen molar-refractivity contribution in [3.63, 3.8) is 0 Å². The average Bonchev–Trinajstić information content (AvgIpc) is 2.81. The first-order valence-electron chi connectivity index (χ1n) is 11.2. The van der Waals surface area contributed by atoms with Crippen LogP contribution in [0.1, 0.15) is 44.9 Å². The fourth-order valence-electron chi connectivity index (χ4n) is 4.68. The maximum Gasteiger partial charge on any atom is 0.266 e. The van der Waals surface area contributed by atoms with Crippen molar-refractivity contribution >= 4 is 5.91 Å². The van der Waals surface area contributed by atoms with E-state index in [0.717, 1.165) is 55.8 Å². The summed E-state index contributed by atoms with van der Waals surface area (Å²) in [4.78, 5) is 27.2. The molecule has 6 nitrogen and oxygen atoms in total. The largest absolute Gasteiger partial charge is 0.497 e. The Hall–Kier alpha value is -2.63. The number of hydrogen-bond acceptors (Lipinski definition) is 4. The minimum Gasteiger partial charge on any atom is -0.497 e. The molecule has 1 aromatic carbocycles. The quantitative estimate of drug-likeness (QED) is 0.755. The van der Waals surface area contributed by atoms with E-state index in [-0.39, 0.29) is 11.5 Å². The number of nitrogens with zero attached hydrogens (tertiary/aromatic N) is 3. The number of carbonyl (C=O) groups excluding carboxylic acids is 1. The molecule has 1 amide bonds. The van der Waals surface area contributed by atoms with Crippen molar-refractivity contribution in [2.45, 2.75) is 51.5 Å². The molecule has 1 saturated heterocycles. The molecule has 1 aliphatic heterocycles. The zero-order chi connectivity index (χ0) is 20.9. The van der Waals surface area contributed by atoms with Crippen molar-refractivity contribution in [2.24, 2.45) is 11.8 Å². The van der Waals surface area contributed by atoms with Crippen LogP contribution in [-0.4, -0.2) is 40.8 Å². The zero-order valence-electron chi connectivity index (χ0n) is 17.8. The number of amides is 1. The average molecular weight is 410 g/mol. The molecule has 2 aliphatic rings. The number of benzene rings is 1. The summed E-state index contributed by atoms with van der Waals surface area (Å²) in [6.07, 6.45) is 7.60. The SMILES string of the molecule is COc1ccc(-c2ccc(=O)n(CC3CCN(C(=O)C4CCCCC4)CC3)n2)cc1. The number of likely N-dealkylation sites (tertiary alicyclic amines) is 1. The Kier molecular flexibility index (Phi) is 6.50. The van der Waals surface area contributed by atoms with Gasteiger partial charge >= 0.3 is 0 Å². The van der Waals surface area contributed by atoms with Crippen LogP contribution in [0.25, 0.3) is 11.3 Å². The van der Waals surface area contributed by atoms with E-state index in [1.165, 1.54) is 19.3 Å². The van der Waals surface area contributed by atoms with Gasteiger partial charge in [0.15, 0.2) is 0 Å². The van der Waals surface area contributed by atoms with Crippen LogP contribution in [0, 0.1) is 11.8 Å². The summed E-state index contributed by atoms with van der Waals surface area (Å²) in [5.74, 6) is 1.75. The Morgan fingerprint density at radius 2 is 1.70 bits per heavy atom. The molecule has 1 aliphatic carbocycles. The number of piperidine rings is 1. The topological polar surface area (TPSA) is 64.4 Å². The molecule has 160 valence electrons. The highest BCUT2D eigenvalue weighted by atomic mass is 16.5. The lowest BCUT2D eigenvalue weighted by Crippen LogP contribution is -2.43. The van der Waals surface area contributed by atoms with Crippen LogP contribution in [0.15, 0.2) is 41.2 Å². The predicted molar refractivity (Wildman–Crippen MR) is 116 cm³/mol. The van der Waals surface area contributed by atoms with Crippen LogP contribution in [-0.2, 0) is 11.3 Å². The summed E-state index contributed by atoms with van der Waals surface area (Å²) >= 11 is 0. The van der Waals surface area contributed by atoms with E-state index < -0.39 is 0 Å². The summed E-state index contributed by atoms with van der Waals surface area (Å²) in [6.45, 7) is 2.20. The molecule has 30 heavy (non-hydrogen) atoms. The fraction of sp³-hybridized carbons (Fsp3) is 0.542. The summed E-state index contributed by atoms with van der Waals surface area (Å²) in [7, 11) is 1.64. The molecule has 2 fully saturated rings. The number of rotatable bonds is 5. The number of carbonyl (C=O) groups is 1. The molecule has 0 N–H and O–H groups in total. The fourth-order valence-corrected chi connectivity index (χ4v) is 4.68. The highest BCUT2D eigenvalue weighted by Gasteiger charge is 2.29. The number of methoxy groups -OCH3 is 1. The molecule has 1 saturated carbocycles. The third kappa shape index (κ3) is 4.74. The van der Waals surface area contributed by atoms with Gasteiger partial charge in [0.2, 0.25) is 5.91 Å². The monoisotopic (exact) mass is 409 g/mol. The molecule has 0 bridgehead atoms. The standard InChI is InChI=1S/C24H31N3O3/c1-30-21-9-7-19(8-10-21)22-11-12-23(28)27(25-22)17-18-13-15-26(16-14-18)24(29)20-5-3-2-4-6-20/h7-12,18,20H,2-6,13-17H2,1H3. The van der Waals surface area contributed by atoms with Gasteiger partial charge in [-0.15, -0.1) is 0 Å². The summed E-state index contributed by atoms with van der Waals surface area (Å²) < 4.78 is 6.80. The molecular formula is C24H31N3O3. The summed E-state index contributed by atoms with van der Waals surface area (Å²) in [5, 5.41) is 4.60. The van der Waals surface area contributed by atoms with Crippen molar-refractivity contribution in [3.8, 4) is 17.0 Å². The normalized spacial score (nSPS) is 18.4. The minimum atomic E-state index is -0.0760. The highest BCUT2D eigenvalue weighted by Crippen LogP contribution is 2.28. The second-order valence-electron chi connectivity index (χ2n) is 8.57. The third-order valence-electron chi connectivity index (χ3n) is 6.56. The molecular weight excluding hydrogens is 378 g/mol. The van der Waals surface area contributed by atoms with Crippen LogP contribution in [0.4, 0.5) is 0 Å². The van der Waals surface area contributed by atoms with Gasteiger partial charge in [0.05, 0.1) is 12.8 Å². The zero-order valence-corrected chi connectivity index (χ0v) is 17.8. The van der Waals surface area contributed by atoms with Gasteiger partial charge in [-0.05, 0) is 61.9 Å². The molecule has 6 heteroatoms. The number of ether oxygens (including phenoxy) is 1. The molecule has 4 rings (SSSR count). The van der Waals surface area contributed by atoms with Gasteiger partial charge < -0.3 is 9.64 Å². The van der Waals surface area contributed by atoms with Crippen LogP contribution < -0.4 is 10.3 Å². The van der Waals surface area contributed by atoms with Crippen molar-refractivity contribution < 1.29 is 9.53 Å². The molecule has 2 aromatic rings. The lowest BCUT2D eigenvalue weighted by molar-refractivity contribution is -0.138. The van der Waals surface area contributed by atoms with Crippen molar-refractivity contribution in [2.75, 3.05) is 20.2 Å². The summed E-state index contributed by atoms with van der Waals surface area (Å²) in [6, 6.07) is 11.0. The predicted octanol–water partition coefficient (Wildman–Crippen LogP) is 3.74. The van der Waals surface area contributed by atoms with E-state index in [1.54, 1.807) is 23.9 Å². The first kappa shape index (κ1) is 20.6. The van der Waals surface area contributed by atoms with Gasteiger partial charge in [-0.25, -0.2) is 4.68 Å². The summed E-state index contributed by atoms with van der Waals surface area (Å²) in [5.41, 5.74) is 1.66. The Balaban J connectivity index is 1.37. The Morgan fingerprint density at radius 3 is 2.37 bits per heavy atom. The van der Waals surface area contributed by atoms with E-state index in [2.05, 4.69) is 10.00 Å². The van der Waals surface area contributed by atoms with Crippen molar-refractivity contribution in [3.05, 3.63) is 46.8 Å². The number of aromatic nitrogens is 2. The molecule has 0 atom stereocenters. The molecule has 0 unspecified atom stereocenters. The lowest BCUT2D eigenvalue weighted by atomic mass is 9.87. The second-order valence-corrected chi connectivity index (χ2v) is 8.57. The van der Waals surface area contributed by atoms with Crippen LogP contribution in [0.3, 0.4) is 0 Å². The smallest absolute Gasteiger partial charge is 0.266 e. The van der Waals surface area contributed by atoms with Gasteiger partial charge in [0, 0.05) is 37.2 Å². The third-order valence-corrected chi connectivity index (χ3v) is 6.56. The maximum atomic E-state index is 12.8. The Labute approximate surface area is 177 Å². The first-order chi connectivity index (χ1) is 14.6. The Bertz CT molecular complexity index is 908. The van der Waals surface area contributed by atoms with Crippen molar-refractivity contribution in [1.29, 1.82) is 0 Å². The van der Waals surface area contributed by atoms with Crippen LogP contribution >= 0.6 is 0 Å².